The maximum absolute atomic E-state index is 9.92. The topological polar surface area (TPSA) is 54.4 Å². The van der Waals surface area contributed by atoms with Crippen molar-refractivity contribution >= 4 is 22.5 Å². The van der Waals surface area contributed by atoms with Crippen LogP contribution in [0.4, 0.5) is 0 Å². The highest BCUT2D eigenvalue weighted by atomic mass is 32.2. The number of aliphatic hydroxyl groups excluding tert-OH is 1. The first-order valence-electron chi connectivity index (χ1n) is 2.57. The van der Waals surface area contributed by atoms with Gasteiger partial charge in [0.1, 0.15) is 10.7 Å². The van der Waals surface area contributed by atoms with Gasteiger partial charge in [0, 0.05) is 11.5 Å². The third kappa shape index (κ3) is 8.26. The molecule has 0 saturated heterocycles. The normalized spacial score (nSPS) is 10.4. The maximum Gasteiger partial charge on any atom is 0.140 e. The molecule has 0 unspecified atom stereocenters. The molecule has 0 aliphatic rings. The van der Waals surface area contributed by atoms with Crippen molar-refractivity contribution < 1.29 is 13.5 Å². The minimum atomic E-state index is -2.22. The molecule has 0 aromatic rings. The van der Waals surface area contributed by atoms with E-state index in [9.17, 15) is 8.42 Å². The molecule has 1 N–H and O–H groups in total. The van der Waals surface area contributed by atoms with E-state index >= 15 is 0 Å². The summed E-state index contributed by atoms with van der Waals surface area (Å²) >= 11 is 1.45. The van der Waals surface area contributed by atoms with E-state index in [4.69, 9.17) is 5.11 Å². The van der Waals surface area contributed by atoms with E-state index in [1.165, 1.54) is 11.8 Å². The lowest BCUT2D eigenvalue weighted by Gasteiger charge is -1.91. The summed E-state index contributed by atoms with van der Waals surface area (Å²) in [4.78, 5) is 0. The van der Waals surface area contributed by atoms with Crippen molar-refractivity contribution in [2.24, 2.45) is 0 Å². The lowest BCUT2D eigenvalue weighted by Crippen LogP contribution is -1.94. The van der Waals surface area contributed by atoms with Gasteiger partial charge < -0.3 is 5.11 Å². The number of thioether (sulfide) groups is 1. The zero-order valence-electron chi connectivity index (χ0n) is 4.95. The Morgan fingerprint density at radius 3 is 2.44 bits per heavy atom. The van der Waals surface area contributed by atoms with Crippen molar-refractivity contribution in [3.63, 3.8) is 0 Å². The van der Waals surface area contributed by atoms with E-state index < -0.39 is 10.7 Å². The van der Waals surface area contributed by atoms with Gasteiger partial charge in [0.05, 0.1) is 12.4 Å². The average molecular weight is 170 g/mol. The second-order valence-electron chi connectivity index (χ2n) is 1.39. The Labute approximate surface area is 60.4 Å². The molecule has 56 valence electrons. The summed E-state index contributed by atoms with van der Waals surface area (Å²) in [5.41, 5.74) is 0. The molecule has 0 heterocycles. The molecule has 0 aromatic heterocycles. The summed E-state index contributed by atoms with van der Waals surface area (Å²) in [6.07, 6.45) is 0. The Bertz CT molecular complexity index is 113. The first-order valence-corrected chi connectivity index (χ1v) is 5.09. The molecule has 0 aromatic carbocycles. The number of thiol groups is 1. The predicted octanol–water partition coefficient (Wildman–Crippen LogP) is -0.677. The molecule has 0 rings (SSSR count). The molecule has 9 heavy (non-hydrogen) atoms. The monoisotopic (exact) mass is 170 g/mol. The summed E-state index contributed by atoms with van der Waals surface area (Å²) in [5.74, 6) is 1.45. The van der Waals surface area contributed by atoms with Gasteiger partial charge in [-0.3, -0.25) is 0 Å². The minimum Gasteiger partial charge on any atom is -0.396 e. The van der Waals surface area contributed by atoms with Crippen LogP contribution in [0.1, 0.15) is 0 Å². The number of hydrogen-bond acceptors (Lipinski definition) is 4. The molecular formula is C4H10O3S2. The molecule has 0 aliphatic carbocycles. The van der Waals surface area contributed by atoms with Crippen LogP contribution in [0.2, 0.25) is 0 Å². The number of aliphatic hydroxyl groups is 1. The highest BCUT2D eigenvalue weighted by Gasteiger charge is 1.87. The maximum atomic E-state index is 9.92. The van der Waals surface area contributed by atoms with Gasteiger partial charge in [-0.25, -0.2) is 8.42 Å². The van der Waals surface area contributed by atoms with Crippen LogP contribution in [0.5, 0.6) is 0 Å². The first kappa shape index (κ1) is 9.26. The molecular weight excluding hydrogens is 160 g/mol. The van der Waals surface area contributed by atoms with Crippen LogP contribution in [-0.2, 0) is 10.7 Å². The first-order chi connectivity index (χ1) is 4.27. The van der Waals surface area contributed by atoms with E-state index in [1.807, 2.05) is 0 Å². The minimum absolute atomic E-state index is 0.125. The molecule has 0 radical (unpaired) electrons. The van der Waals surface area contributed by atoms with Crippen LogP contribution in [-0.4, -0.2) is 37.4 Å². The number of rotatable bonds is 5. The van der Waals surface area contributed by atoms with Crippen molar-refractivity contribution in [3.05, 3.63) is 0 Å². The molecule has 0 amide bonds. The fraction of sp³-hybridized carbons (Fsp3) is 1.00. The summed E-state index contributed by atoms with van der Waals surface area (Å²) in [6, 6.07) is 0. The molecule has 0 saturated carbocycles. The van der Waals surface area contributed by atoms with Crippen molar-refractivity contribution in [1.82, 2.24) is 0 Å². The van der Waals surface area contributed by atoms with E-state index in [2.05, 4.69) is 0 Å². The lowest BCUT2D eigenvalue weighted by molar-refractivity contribution is 0.322. The molecule has 5 heteroatoms. The Hall–Kier alpha value is 0.260. The molecule has 0 aliphatic heterocycles. The molecule has 0 atom stereocenters. The van der Waals surface area contributed by atoms with Crippen LogP contribution in [0, 0.1) is 0 Å². The van der Waals surface area contributed by atoms with Gasteiger partial charge >= 0.3 is 0 Å². The second-order valence-corrected chi connectivity index (χ2v) is 3.73. The average Bonchev–Trinajstić information content (AvgIpc) is 1.80. The summed E-state index contributed by atoms with van der Waals surface area (Å²) in [5, 5.41) is 8.26. The Morgan fingerprint density at radius 2 is 2.00 bits per heavy atom. The molecule has 0 spiro atoms. The SMILES string of the molecule is O=[SH](=O)CCSCCO. The van der Waals surface area contributed by atoms with E-state index in [0.717, 1.165) is 0 Å². The van der Waals surface area contributed by atoms with Gasteiger partial charge in [-0.05, 0) is 0 Å². The second kappa shape index (κ2) is 6.38. The van der Waals surface area contributed by atoms with Crippen LogP contribution < -0.4 is 0 Å². The fourth-order valence-electron chi connectivity index (χ4n) is 0.306. The standard InChI is InChI=1S/C4H10O3S2/c5-1-2-8-3-4-9(6)7/h5,9H,1-4H2. The van der Waals surface area contributed by atoms with Gasteiger partial charge in [-0.1, -0.05) is 0 Å². The van der Waals surface area contributed by atoms with Crippen molar-refractivity contribution in [1.29, 1.82) is 0 Å². The Kier molecular flexibility index (Phi) is 6.57. The summed E-state index contributed by atoms with van der Waals surface area (Å²) in [6.45, 7) is 0.125. The molecule has 3 nitrogen and oxygen atoms in total. The van der Waals surface area contributed by atoms with Crippen LogP contribution in [0.3, 0.4) is 0 Å². The van der Waals surface area contributed by atoms with Crippen LogP contribution >= 0.6 is 11.8 Å². The summed E-state index contributed by atoms with van der Waals surface area (Å²) < 4.78 is 19.8. The van der Waals surface area contributed by atoms with Crippen LogP contribution in [0.15, 0.2) is 0 Å². The van der Waals surface area contributed by atoms with Crippen molar-refractivity contribution in [2.45, 2.75) is 0 Å². The predicted molar refractivity (Wildman–Crippen MR) is 39.6 cm³/mol. The van der Waals surface area contributed by atoms with Gasteiger partial charge in [0.25, 0.3) is 0 Å². The van der Waals surface area contributed by atoms with Gasteiger partial charge in [-0.2, -0.15) is 11.8 Å². The zero-order chi connectivity index (χ0) is 7.11. The third-order valence-electron chi connectivity index (χ3n) is 0.654. The number of hydrogen-bond donors (Lipinski definition) is 2. The van der Waals surface area contributed by atoms with Crippen molar-refractivity contribution in [2.75, 3.05) is 23.9 Å². The van der Waals surface area contributed by atoms with Crippen molar-refractivity contribution in [3.8, 4) is 0 Å². The van der Waals surface area contributed by atoms with E-state index in [-0.39, 0.29) is 12.4 Å². The van der Waals surface area contributed by atoms with Crippen LogP contribution in [0.25, 0.3) is 0 Å². The smallest absolute Gasteiger partial charge is 0.140 e. The Morgan fingerprint density at radius 1 is 1.33 bits per heavy atom. The van der Waals surface area contributed by atoms with E-state index in [0.29, 0.717) is 11.5 Å². The van der Waals surface area contributed by atoms with Gasteiger partial charge in [0.2, 0.25) is 0 Å². The largest absolute Gasteiger partial charge is 0.396 e. The van der Waals surface area contributed by atoms with E-state index in [1.54, 1.807) is 0 Å². The highest BCUT2D eigenvalue weighted by molar-refractivity contribution is 7.99. The van der Waals surface area contributed by atoms with Gasteiger partial charge in [-0.15, -0.1) is 0 Å². The third-order valence-corrected chi connectivity index (χ3v) is 2.51. The Balaban J connectivity index is 2.92. The van der Waals surface area contributed by atoms with Gasteiger partial charge in [0.15, 0.2) is 0 Å². The highest BCUT2D eigenvalue weighted by Crippen LogP contribution is 1.96. The molecule has 0 bridgehead atoms. The molecule has 0 fully saturated rings. The zero-order valence-corrected chi connectivity index (χ0v) is 6.66. The fourth-order valence-corrected chi connectivity index (χ4v) is 1.75. The lowest BCUT2D eigenvalue weighted by atomic mass is 10.9. The summed E-state index contributed by atoms with van der Waals surface area (Å²) in [7, 11) is -2.22. The quantitative estimate of drug-likeness (QED) is 0.424.